The SMILES string of the molecule is Cc1nn(-c2ccccc2)cc1[C@H]1CC(c2ccc(Br)cc2)=NN1C(=O)CCC(=O)O. The Morgan fingerprint density at radius 1 is 1.10 bits per heavy atom. The van der Waals surface area contributed by atoms with Gasteiger partial charge in [0.2, 0.25) is 5.91 Å². The van der Waals surface area contributed by atoms with Crippen LogP contribution in [0.25, 0.3) is 5.69 Å². The zero-order valence-electron chi connectivity index (χ0n) is 16.9. The van der Waals surface area contributed by atoms with Crippen LogP contribution in [0.4, 0.5) is 0 Å². The first-order valence-electron chi connectivity index (χ1n) is 9.91. The lowest BCUT2D eigenvalue weighted by molar-refractivity contribution is -0.141. The quantitative estimate of drug-likeness (QED) is 0.562. The van der Waals surface area contributed by atoms with E-state index in [1.54, 1.807) is 4.68 Å². The molecule has 7 nitrogen and oxygen atoms in total. The molecule has 2 heterocycles. The van der Waals surface area contributed by atoms with Gasteiger partial charge in [0.25, 0.3) is 0 Å². The topological polar surface area (TPSA) is 87.8 Å². The van der Waals surface area contributed by atoms with E-state index in [-0.39, 0.29) is 24.8 Å². The molecule has 0 aliphatic carbocycles. The molecule has 1 aliphatic heterocycles. The van der Waals surface area contributed by atoms with Crippen molar-refractivity contribution < 1.29 is 14.7 Å². The maximum Gasteiger partial charge on any atom is 0.303 e. The van der Waals surface area contributed by atoms with Gasteiger partial charge in [-0.2, -0.15) is 10.2 Å². The van der Waals surface area contributed by atoms with Crippen molar-refractivity contribution >= 4 is 33.5 Å². The number of rotatable bonds is 6. The van der Waals surface area contributed by atoms with Crippen molar-refractivity contribution in [3.05, 3.63) is 82.1 Å². The lowest BCUT2D eigenvalue weighted by atomic mass is 9.99. The van der Waals surface area contributed by atoms with Crippen LogP contribution >= 0.6 is 15.9 Å². The summed E-state index contributed by atoms with van der Waals surface area (Å²) in [6.45, 7) is 1.91. The van der Waals surface area contributed by atoms with Gasteiger partial charge in [0.05, 0.1) is 29.6 Å². The average Bonchev–Trinajstić information content (AvgIpc) is 3.37. The predicted molar refractivity (Wildman–Crippen MR) is 120 cm³/mol. The number of halogens is 1. The van der Waals surface area contributed by atoms with E-state index >= 15 is 0 Å². The largest absolute Gasteiger partial charge is 0.481 e. The van der Waals surface area contributed by atoms with Crippen molar-refractivity contribution in [1.29, 1.82) is 0 Å². The van der Waals surface area contributed by atoms with Crippen molar-refractivity contribution in [3.63, 3.8) is 0 Å². The standard InChI is InChI=1S/C23H21BrN4O3/c1-15-19(14-27(25-15)18-5-3-2-4-6-18)21-13-20(16-7-9-17(24)10-8-16)26-28(21)22(29)11-12-23(30)31/h2-10,14,21H,11-13H2,1H3,(H,30,31)/t21-/m1/s1. The summed E-state index contributed by atoms with van der Waals surface area (Å²) in [4.78, 5) is 23.9. The van der Waals surface area contributed by atoms with Gasteiger partial charge in [-0.15, -0.1) is 0 Å². The van der Waals surface area contributed by atoms with Gasteiger partial charge >= 0.3 is 5.97 Å². The Kier molecular flexibility index (Phi) is 5.99. The summed E-state index contributed by atoms with van der Waals surface area (Å²) in [6.07, 6.45) is 2.12. The van der Waals surface area contributed by atoms with Crippen LogP contribution in [0.3, 0.4) is 0 Å². The summed E-state index contributed by atoms with van der Waals surface area (Å²) in [5.41, 5.74) is 4.33. The summed E-state index contributed by atoms with van der Waals surface area (Å²) in [5.74, 6) is -1.32. The summed E-state index contributed by atoms with van der Waals surface area (Å²) in [7, 11) is 0. The molecular formula is C23H21BrN4O3. The second kappa shape index (κ2) is 8.85. The van der Waals surface area contributed by atoms with Crippen LogP contribution < -0.4 is 0 Å². The average molecular weight is 481 g/mol. The highest BCUT2D eigenvalue weighted by molar-refractivity contribution is 9.10. The molecule has 1 N–H and O–H groups in total. The van der Waals surface area contributed by atoms with Crippen LogP contribution in [-0.2, 0) is 9.59 Å². The molecule has 8 heteroatoms. The molecule has 0 fully saturated rings. The van der Waals surface area contributed by atoms with Crippen molar-refractivity contribution in [1.82, 2.24) is 14.8 Å². The zero-order chi connectivity index (χ0) is 22.0. The number of aliphatic carboxylic acids is 1. The number of aryl methyl sites for hydroxylation is 1. The second-order valence-corrected chi connectivity index (χ2v) is 8.27. The number of carboxylic acids is 1. The highest BCUT2D eigenvalue weighted by atomic mass is 79.9. The summed E-state index contributed by atoms with van der Waals surface area (Å²) >= 11 is 3.44. The lowest BCUT2D eigenvalue weighted by Gasteiger charge is -2.21. The number of nitrogens with zero attached hydrogens (tertiary/aromatic N) is 4. The molecule has 2 aromatic carbocycles. The van der Waals surface area contributed by atoms with Crippen LogP contribution in [0, 0.1) is 6.92 Å². The molecule has 158 valence electrons. The van der Waals surface area contributed by atoms with Crippen molar-refractivity contribution in [2.75, 3.05) is 0 Å². The molecule has 0 bridgehead atoms. The Morgan fingerprint density at radius 3 is 2.48 bits per heavy atom. The van der Waals surface area contributed by atoms with Crippen molar-refractivity contribution in [2.24, 2.45) is 5.10 Å². The number of para-hydroxylation sites is 1. The van der Waals surface area contributed by atoms with Gasteiger partial charge in [0.15, 0.2) is 0 Å². The minimum absolute atomic E-state index is 0.102. The number of aromatic nitrogens is 2. The van der Waals surface area contributed by atoms with Gasteiger partial charge in [-0.05, 0) is 36.8 Å². The van der Waals surface area contributed by atoms with Crippen LogP contribution in [-0.4, -0.2) is 37.5 Å². The third kappa shape index (κ3) is 4.59. The first kappa shape index (κ1) is 21.0. The van der Waals surface area contributed by atoms with E-state index in [2.05, 4.69) is 26.1 Å². The van der Waals surface area contributed by atoms with Crippen LogP contribution in [0.2, 0.25) is 0 Å². The van der Waals surface area contributed by atoms with E-state index in [0.717, 1.165) is 32.7 Å². The first-order chi connectivity index (χ1) is 14.9. The van der Waals surface area contributed by atoms with E-state index in [9.17, 15) is 9.59 Å². The molecule has 0 unspecified atom stereocenters. The maximum atomic E-state index is 12.9. The molecule has 4 rings (SSSR count). The second-order valence-electron chi connectivity index (χ2n) is 7.36. The number of carboxylic acid groups (broad SMARTS) is 1. The fourth-order valence-electron chi connectivity index (χ4n) is 3.64. The smallest absolute Gasteiger partial charge is 0.303 e. The third-order valence-corrected chi connectivity index (χ3v) is 5.74. The lowest BCUT2D eigenvalue weighted by Crippen LogP contribution is -2.27. The van der Waals surface area contributed by atoms with Crippen molar-refractivity contribution in [3.8, 4) is 5.69 Å². The van der Waals surface area contributed by atoms with E-state index in [1.807, 2.05) is 67.7 Å². The van der Waals surface area contributed by atoms with Crippen molar-refractivity contribution in [2.45, 2.75) is 32.2 Å². The molecule has 0 radical (unpaired) electrons. The molecular weight excluding hydrogens is 460 g/mol. The Morgan fingerprint density at radius 2 is 1.81 bits per heavy atom. The van der Waals surface area contributed by atoms with Gasteiger partial charge in [0, 0.05) is 29.1 Å². The Balaban J connectivity index is 1.68. The third-order valence-electron chi connectivity index (χ3n) is 5.21. The minimum Gasteiger partial charge on any atom is -0.481 e. The van der Waals surface area contributed by atoms with E-state index < -0.39 is 5.97 Å². The molecule has 1 atom stereocenters. The van der Waals surface area contributed by atoms with Gasteiger partial charge in [-0.25, -0.2) is 9.69 Å². The van der Waals surface area contributed by atoms with Gasteiger partial charge < -0.3 is 5.11 Å². The monoisotopic (exact) mass is 480 g/mol. The molecule has 0 spiro atoms. The van der Waals surface area contributed by atoms with Gasteiger partial charge in [0.1, 0.15) is 0 Å². The molecule has 1 amide bonds. The molecule has 0 saturated heterocycles. The highest BCUT2D eigenvalue weighted by Crippen LogP contribution is 2.35. The molecule has 3 aromatic rings. The number of benzene rings is 2. The number of carbonyl (C=O) groups excluding carboxylic acids is 1. The van der Waals surface area contributed by atoms with Crippen LogP contribution in [0.15, 0.2) is 70.4 Å². The molecule has 31 heavy (non-hydrogen) atoms. The van der Waals surface area contributed by atoms with E-state index in [4.69, 9.17) is 5.11 Å². The molecule has 1 aromatic heterocycles. The van der Waals surface area contributed by atoms with E-state index in [0.29, 0.717) is 6.42 Å². The number of hydrazone groups is 1. The van der Waals surface area contributed by atoms with Gasteiger partial charge in [-0.3, -0.25) is 9.59 Å². The first-order valence-corrected chi connectivity index (χ1v) is 10.7. The predicted octanol–water partition coefficient (Wildman–Crippen LogP) is 4.49. The Bertz CT molecular complexity index is 1140. The molecule has 1 aliphatic rings. The fraction of sp³-hybridized carbons (Fsp3) is 0.217. The Hall–Kier alpha value is -3.26. The van der Waals surface area contributed by atoms with Crippen LogP contribution in [0.5, 0.6) is 0 Å². The number of hydrogen-bond donors (Lipinski definition) is 1. The van der Waals surface area contributed by atoms with Gasteiger partial charge in [-0.1, -0.05) is 46.3 Å². The zero-order valence-corrected chi connectivity index (χ0v) is 18.5. The minimum atomic E-state index is -1.01. The summed E-state index contributed by atoms with van der Waals surface area (Å²) < 4.78 is 2.75. The molecule has 0 saturated carbocycles. The van der Waals surface area contributed by atoms with E-state index in [1.165, 1.54) is 5.01 Å². The number of carbonyl (C=O) groups is 2. The highest BCUT2D eigenvalue weighted by Gasteiger charge is 2.35. The number of hydrogen-bond acceptors (Lipinski definition) is 4. The summed E-state index contributed by atoms with van der Waals surface area (Å²) in [5, 5.41) is 19.7. The summed E-state index contributed by atoms with van der Waals surface area (Å²) in [6, 6.07) is 17.2. The fourth-order valence-corrected chi connectivity index (χ4v) is 3.91. The normalized spacial score (nSPS) is 15.7. The number of amides is 1. The van der Waals surface area contributed by atoms with Crippen LogP contribution in [0.1, 0.15) is 42.1 Å². The Labute approximate surface area is 188 Å². The maximum absolute atomic E-state index is 12.9.